The summed E-state index contributed by atoms with van der Waals surface area (Å²) in [6.07, 6.45) is 0. The Hall–Kier alpha value is -2.29. The lowest BCUT2D eigenvalue weighted by atomic mass is 10.1. The lowest BCUT2D eigenvalue weighted by Crippen LogP contribution is -1.88. The molecule has 3 aromatic rings. The summed E-state index contributed by atoms with van der Waals surface area (Å²) in [4.78, 5) is 0. The summed E-state index contributed by atoms with van der Waals surface area (Å²) in [6.45, 7) is 1.95. The average molecular weight is 241 g/mol. The monoisotopic (exact) mass is 241 g/mol. The topological polar surface area (TPSA) is 39.2 Å². The number of hydrogen-bond acceptors (Lipinski definition) is 2. The van der Waals surface area contributed by atoms with Gasteiger partial charge in [-0.05, 0) is 55.0 Å². The van der Waals surface area contributed by atoms with Gasteiger partial charge in [-0.15, -0.1) is 0 Å². The maximum absolute atomic E-state index is 13.1. The highest BCUT2D eigenvalue weighted by molar-refractivity contribution is 5.83. The van der Waals surface area contributed by atoms with E-state index < -0.39 is 0 Å². The highest BCUT2D eigenvalue weighted by atomic mass is 19.1. The molecule has 18 heavy (non-hydrogen) atoms. The third-order valence-corrected chi connectivity index (χ3v) is 3.03. The number of rotatable bonds is 1. The first-order valence-electron chi connectivity index (χ1n) is 5.69. The first kappa shape index (κ1) is 10.8. The van der Waals surface area contributed by atoms with E-state index in [-0.39, 0.29) is 5.82 Å². The van der Waals surface area contributed by atoms with Gasteiger partial charge in [-0.2, -0.15) is 0 Å². The lowest BCUT2D eigenvalue weighted by Gasteiger charge is -2.01. The van der Waals surface area contributed by atoms with Crippen molar-refractivity contribution >= 4 is 16.7 Å². The van der Waals surface area contributed by atoms with Gasteiger partial charge >= 0.3 is 0 Å². The van der Waals surface area contributed by atoms with Crippen LogP contribution in [0.2, 0.25) is 0 Å². The van der Waals surface area contributed by atoms with Crippen LogP contribution in [0.4, 0.5) is 10.1 Å². The molecule has 0 saturated carbocycles. The molecule has 2 aromatic carbocycles. The number of nitrogen functional groups attached to an aromatic ring is 1. The quantitative estimate of drug-likeness (QED) is 0.650. The van der Waals surface area contributed by atoms with E-state index in [4.69, 9.17) is 10.2 Å². The predicted molar refractivity (Wildman–Crippen MR) is 70.8 cm³/mol. The van der Waals surface area contributed by atoms with Crippen LogP contribution in [0, 0.1) is 12.7 Å². The van der Waals surface area contributed by atoms with Crippen molar-refractivity contribution in [2.24, 2.45) is 0 Å². The van der Waals surface area contributed by atoms with Gasteiger partial charge in [0.1, 0.15) is 17.2 Å². The zero-order valence-corrected chi connectivity index (χ0v) is 9.91. The fourth-order valence-corrected chi connectivity index (χ4v) is 1.99. The molecule has 0 aliphatic carbocycles. The summed E-state index contributed by atoms with van der Waals surface area (Å²) < 4.78 is 18.8. The number of halogens is 1. The minimum atomic E-state index is -0.261. The number of anilines is 1. The number of fused-ring (bicyclic) bond motifs is 1. The Bertz CT molecular complexity index is 730. The van der Waals surface area contributed by atoms with Crippen molar-refractivity contribution in [1.82, 2.24) is 0 Å². The fourth-order valence-electron chi connectivity index (χ4n) is 1.99. The van der Waals surface area contributed by atoms with Gasteiger partial charge in [0.05, 0.1) is 0 Å². The molecule has 0 fully saturated rings. The molecule has 2 nitrogen and oxygen atoms in total. The van der Waals surface area contributed by atoms with Gasteiger partial charge in [-0.25, -0.2) is 4.39 Å². The Morgan fingerprint density at radius 3 is 2.67 bits per heavy atom. The third-order valence-electron chi connectivity index (χ3n) is 3.03. The first-order chi connectivity index (χ1) is 8.63. The summed E-state index contributed by atoms with van der Waals surface area (Å²) in [5.41, 5.74) is 9.16. The molecule has 3 heteroatoms. The van der Waals surface area contributed by atoms with Gasteiger partial charge in [-0.1, -0.05) is 0 Å². The molecule has 2 N–H and O–H groups in total. The molecule has 0 bridgehead atoms. The number of nitrogens with two attached hydrogens (primary N) is 1. The molecule has 1 aromatic heterocycles. The van der Waals surface area contributed by atoms with Crippen molar-refractivity contribution in [1.29, 1.82) is 0 Å². The van der Waals surface area contributed by atoms with E-state index in [1.54, 1.807) is 6.07 Å². The van der Waals surface area contributed by atoms with E-state index in [0.717, 1.165) is 28.0 Å². The third kappa shape index (κ3) is 1.74. The van der Waals surface area contributed by atoms with Gasteiger partial charge in [-0.3, -0.25) is 0 Å². The second-order valence-electron chi connectivity index (χ2n) is 4.36. The van der Waals surface area contributed by atoms with E-state index >= 15 is 0 Å². The minimum absolute atomic E-state index is 0.261. The van der Waals surface area contributed by atoms with E-state index in [9.17, 15) is 4.39 Å². The van der Waals surface area contributed by atoms with Crippen molar-refractivity contribution in [2.45, 2.75) is 6.92 Å². The first-order valence-corrected chi connectivity index (χ1v) is 5.69. The second kappa shape index (κ2) is 3.88. The summed E-state index contributed by atoms with van der Waals surface area (Å²) in [7, 11) is 0. The number of aryl methyl sites for hydroxylation is 1. The molecule has 3 rings (SSSR count). The lowest BCUT2D eigenvalue weighted by molar-refractivity contribution is 0.619. The van der Waals surface area contributed by atoms with Crippen LogP contribution in [0.15, 0.2) is 46.9 Å². The van der Waals surface area contributed by atoms with Crippen LogP contribution in [-0.4, -0.2) is 0 Å². The van der Waals surface area contributed by atoms with E-state index in [1.807, 2.05) is 31.2 Å². The Labute approximate surface area is 104 Å². The minimum Gasteiger partial charge on any atom is -0.456 e. The highest BCUT2D eigenvalue weighted by Crippen LogP contribution is 2.29. The Morgan fingerprint density at radius 2 is 1.89 bits per heavy atom. The van der Waals surface area contributed by atoms with E-state index in [2.05, 4.69) is 0 Å². The highest BCUT2D eigenvalue weighted by Gasteiger charge is 2.07. The molecule has 0 spiro atoms. The van der Waals surface area contributed by atoms with E-state index in [0.29, 0.717) is 5.58 Å². The molecule has 0 aliphatic rings. The summed E-state index contributed by atoms with van der Waals surface area (Å²) in [5.74, 6) is 0.460. The van der Waals surface area contributed by atoms with Gasteiger partial charge < -0.3 is 10.2 Å². The van der Waals surface area contributed by atoms with E-state index in [1.165, 1.54) is 12.1 Å². The Morgan fingerprint density at radius 1 is 1.06 bits per heavy atom. The van der Waals surface area contributed by atoms with Gasteiger partial charge in [0.25, 0.3) is 0 Å². The molecule has 90 valence electrons. The smallest absolute Gasteiger partial charge is 0.135 e. The molecule has 0 radical (unpaired) electrons. The predicted octanol–water partition coefficient (Wildman–Crippen LogP) is 4.13. The van der Waals surface area contributed by atoms with Gasteiger partial charge in [0, 0.05) is 16.6 Å². The molecule has 0 atom stereocenters. The van der Waals surface area contributed by atoms with Gasteiger partial charge in [0.15, 0.2) is 0 Å². The Kier molecular flexibility index (Phi) is 2.33. The van der Waals surface area contributed by atoms with Crippen molar-refractivity contribution in [3.63, 3.8) is 0 Å². The zero-order chi connectivity index (χ0) is 12.7. The maximum atomic E-state index is 13.1. The largest absolute Gasteiger partial charge is 0.456 e. The van der Waals surface area contributed by atoms with Crippen molar-refractivity contribution < 1.29 is 8.81 Å². The molecule has 0 saturated heterocycles. The molecule has 0 amide bonds. The summed E-state index contributed by atoms with van der Waals surface area (Å²) in [6, 6.07) is 12.0. The Balaban J connectivity index is 2.16. The molecule has 1 heterocycles. The molecular formula is C15H12FNO. The molecule has 0 unspecified atom stereocenters. The number of furan rings is 1. The molecule has 0 aliphatic heterocycles. The zero-order valence-electron chi connectivity index (χ0n) is 9.91. The normalized spacial score (nSPS) is 11.0. The summed E-state index contributed by atoms with van der Waals surface area (Å²) >= 11 is 0. The average Bonchev–Trinajstić information content (AvgIpc) is 2.75. The van der Waals surface area contributed by atoms with Crippen molar-refractivity contribution in [2.75, 3.05) is 5.73 Å². The second-order valence-corrected chi connectivity index (χ2v) is 4.36. The maximum Gasteiger partial charge on any atom is 0.135 e. The van der Waals surface area contributed by atoms with Crippen LogP contribution < -0.4 is 5.73 Å². The van der Waals surface area contributed by atoms with Crippen LogP contribution in [0.25, 0.3) is 22.3 Å². The van der Waals surface area contributed by atoms with Crippen molar-refractivity contribution in [3.8, 4) is 11.3 Å². The number of benzene rings is 2. The summed E-state index contributed by atoms with van der Waals surface area (Å²) in [5, 5.41) is 0.763. The SMILES string of the molecule is Cc1cc(-c2cc3cc(F)ccc3o2)ccc1N. The van der Waals surface area contributed by atoms with Crippen LogP contribution >= 0.6 is 0 Å². The van der Waals surface area contributed by atoms with Gasteiger partial charge in [0.2, 0.25) is 0 Å². The molecular weight excluding hydrogens is 229 g/mol. The fraction of sp³-hybridized carbons (Fsp3) is 0.0667. The van der Waals surface area contributed by atoms with Crippen LogP contribution in [-0.2, 0) is 0 Å². The van der Waals surface area contributed by atoms with Crippen LogP contribution in [0.5, 0.6) is 0 Å². The van der Waals surface area contributed by atoms with Crippen LogP contribution in [0.1, 0.15) is 5.56 Å². The standard InChI is InChI=1S/C15H12FNO/c1-9-6-10(2-4-13(9)17)15-8-11-7-12(16)3-5-14(11)18-15/h2-8H,17H2,1H3. The number of hydrogen-bond donors (Lipinski definition) is 1. The van der Waals surface area contributed by atoms with Crippen LogP contribution in [0.3, 0.4) is 0 Å². The van der Waals surface area contributed by atoms with Crippen molar-refractivity contribution in [3.05, 3.63) is 53.8 Å².